The van der Waals surface area contributed by atoms with Gasteiger partial charge in [0.15, 0.2) is 0 Å². The zero-order valence-electron chi connectivity index (χ0n) is 5.38. The first kappa shape index (κ1) is 7.90. The molecule has 1 aliphatic rings. The fraction of sp³-hybridized carbons (Fsp3) is 1.00. The summed E-state index contributed by atoms with van der Waals surface area (Å²) >= 11 is 0. The Morgan fingerprint density at radius 2 is 1.90 bits per heavy atom. The molecule has 0 aromatic heterocycles. The largest absolute Gasteiger partial charge is 0.389 e. The topological polar surface area (TPSA) is 84.2 Å². The Morgan fingerprint density at radius 1 is 1.30 bits per heavy atom. The van der Waals surface area contributed by atoms with Crippen molar-refractivity contribution in [2.45, 2.75) is 25.2 Å². The summed E-state index contributed by atoms with van der Waals surface area (Å²) in [6, 6.07) is 0. The molecule has 2 atom stereocenters. The molecule has 1 aliphatic heterocycles. The Morgan fingerprint density at radius 3 is 2.10 bits per heavy atom. The van der Waals surface area contributed by atoms with Crippen molar-refractivity contribution in [3.8, 4) is 0 Å². The van der Waals surface area contributed by atoms with E-state index in [-0.39, 0.29) is 0 Å². The highest BCUT2D eigenvalue weighted by Crippen LogP contribution is 2.16. The van der Waals surface area contributed by atoms with E-state index in [1.165, 1.54) is 0 Å². The Bertz CT molecular complexity index is 118. The van der Waals surface area contributed by atoms with Crippen LogP contribution >= 0.6 is 0 Å². The van der Waals surface area contributed by atoms with Gasteiger partial charge in [-0.3, -0.25) is 0 Å². The molecule has 0 amide bonds. The van der Waals surface area contributed by atoms with Gasteiger partial charge in [0, 0.05) is 6.54 Å². The molecule has 1 fully saturated rings. The SMILES string of the molecule is OC(O)N1CC[C@@H](O)C1O. The van der Waals surface area contributed by atoms with Gasteiger partial charge in [0.05, 0.1) is 6.10 Å². The molecule has 0 bridgehead atoms. The molecule has 5 heteroatoms. The second-order valence-corrected chi connectivity index (χ2v) is 2.35. The molecule has 1 saturated heterocycles. The van der Waals surface area contributed by atoms with Crippen LogP contribution in [0.1, 0.15) is 6.42 Å². The van der Waals surface area contributed by atoms with Gasteiger partial charge in [0.2, 0.25) is 6.41 Å². The van der Waals surface area contributed by atoms with Crippen LogP contribution in [0.5, 0.6) is 0 Å². The molecule has 0 aromatic rings. The minimum atomic E-state index is -1.67. The molecule has 1 rings (SSSR count). The van der Waals surface area contributed by atoms with E-state index >= 15 is 0 Å². The summed E-state index contributed by atoms with van der Waals surface area (Å²) in [4.78, 5) is 1.00. The first-order chi connectivity index (χ1) is 4.63. The number of hydrogen-bond acceptors (Lipinski definition) is 5. The lowest BCUT2D eigenvalue weighted by molar-refractivity contribution is -0.202. The molecule has 10 heavy (non-hydrogen) atoms. The van der Waals surface area contributed by atoms with Gasteiger partial charge in [-0.15, -0.1) is 0 Å². The standard InChI is InChI=1S/C5H11NO4/c7-3-1-2-6(4(3)8)5(9)10/h3-5,7-10H,1-2H2/t3-,4?/m1/s1. The lowest BCUT2D eigenvalue weighted by Crippen LogP contribution is -2.41. The van der Waals surface area contributed by atoms with Crippen LogP contribution < -0.4 is 0 Å². The second kappa shape index (κ2) is 2.81. The van der Waals surface area contributed by atoms with Gasteiger partial charge in [0.25, 0.3) is 0 Å². The van der Waals surface area contributed by atoms with Crippen LogP contribution in [0, 0.1) is 0 Å². The van der Waals surface area contributed by atoms with E-state index < -0.39 is 18.7 Å². The lowest BCUT2D eigenvalue weighted by atomic mass is 10.3. The van der Waals surface area contributed by atoms with Crippen molar-refractivity contribution >= 4 is 0 Å². The summed E-state index contributed by atoms with van der Waals surface area (Å²) in [6.07, 6.45) is -3.30. The van der Waals surface area contributed by atoms with Gasteiger partial charge in [-0.25, -0.2) is 4.90 Å². The molecule has 0 spiro atoms. The highest BCUT2D eigenvalue weighted by atomic mass is 16.5. The Balaban J connectivity index is 2.49. The molecule has 0 aliphatic carbocycles. The van der Waals surface area contributed by atoms with Crippen LogP contribution in [-0.2, 0) is 0 Å². The third-order valence-corrected chi connectivity index (χ3v) is 1.66. The van der Waals surface area contributed by atoms with Gasteiger partial charge < -0.3 is 20.4 Å². The summed E-state index contributed by atoms with van der Waals surface area (Å²) in [6.45, 7) is 0.306. The van der Waals surface area contributed by atoms with Crippen molar-refractivity contribution < 1.29 is 20.4 Å². The molecule has 60 valence electrons. The van der Waals surface area contributed by atoms with E-state index in [0.717, 1.165) is 4.90 Å². The maximum atomic E-state index is 8.98. The Labute approximate surface area is 58.1 Å². The lowest BCUT2D eigenvalue weighted by Gasteiger charge is -2.22. The molecule has 4 N–H and O–H groups in total. The van der Waals surface area contributed by atoms with Gasteiger partial charge >= 0.3 is 0 Å². The zero-order valence-corrected chi connectivity index (χ0v) is 5.38. The van der Waals surface area contributed by atoms with Crippen LogP contribution in [0.4, 0.5) is 0 Å². The number of aliphatic hydroxyl groups excluding tert-OH is 3. The molecule has 5 nitrogen and oxygen atoms in total. The Kier molecular flexibility index (Phi) is 2.22. The number of likely N-dealkylation sites (tertiary alicyclic amines) is 1. The smallest absolute Gasteiger partial charge is 0.215 e. The maximum Gasteiger partial charge on any atom is 0.215 e. The molecular formula is C5H11NO4. The summed E-state index contributed by atoms with van der Waals surface area (Å²) in [5, 5.41) is 35.0. The minimum absolute atomic E-state index is 0.306. The zero-order chi connectivity index (χ0) is 7.72. The molecular weight excluding hydrogens is 138 g/mol. The summed E-state index contributed by atoms with van der Waals surface area (Å²) < 4.78 is 0. The van der Waals surface area contributed by atoms with E-state index in [2.05, 4.69) is 0 Å². The number of rotatable bonds is 1. The fourth-order valence-electron chi connectivity index (χ4n) is 1.04. The minimum Gasteiger partial charge on any atom is -0.389 e. The van der Waals surface area contributed by atoms with Crippen molar-refractivity contribution in [2.24, 2.45) is 0 Å². The molecule has 0 aromatic carbocycles. The first-order valence-electron chi connectivity index (χ1n) is 3.11. The normalized spacial score (nSPS) is 35.7. The monoisotopic (exact) mass is 149 g/mol. The third kappa shape index (κ3) is 1.28. The first-order valence-corrected chi connectivity index (χ1v) is 3.11. The van der Waals surface area contributed by atoms with Crippen molar-refractivity contribution in [1.29, 1.82) is 0 Å². The van der Waals surface area contributed by atoms with E-state index in [1.54, 1.807) is 0 Å². The molecule has 1 heterocycles. The van der Waals surface area contributed by atoms with E-state index in [9.17, 15) is 0 Å². The number of aliphatic hydroxyl groups is 4. The van der Waals surface area contributed by atoms with Gasteiger partial charge in [-0.2, -0.15) is 0 Å². The van der Waals surface area contributed by atoms with Gasteiger partial charge in [-0.05, 0) is 6.42 Å². The molecule has 0 radical (unpaired) electrons. The predicted molar refractivity (Wildman–Crippen MR) is 31.6 cm³/mol. The van der Waals surface area contributed by atoms with E-state index in [4.69, 9.17) is 20.4 Å². The van der Waals surface area contributed by atoms with Crippen LogP contribution in [-0.4, -0.2) is 50.6 Å². The van der Waals surface area contributed by atoms with Crippen LogP contribution in [0.25, 0.3) is 0 Å². The number of hydrogen-bond donors (Lipinski definition) is 4. The van der Waals surface area contributed by atoms with E-state index in [1.807, 2.05) is 0 Å². The van der Waals surface area contributed by atoms with Crippen molar-refractivity contribution in [1.82, 2.24) is 4.90 Å². The quantitative estimate of drug-likeness (QED) is 0.313. The average molecular weight is 149 g/mol. The van der Waals surface area contributed by atoms with Crippen molar-refractivity contribution in [2.75, 3.05) is 6.54 Å². The fourth-order valence-corrected chi connectivity index (χ4v) is 1.04. The third-order valence-electron chi connectivity index (χ3n) is 1.66. The predicted octanol–water partition coefficient (Wildman–Crippen LogP) is -2.36. The summed E-state index contributed by atoms with van der Waals surface area (Å²) in [5.74, 6) is 0. The van der Waals surface area contributed by atoms with Crippen LogP contribution in [0.3, 0.4) is 0 Å². The molecule has 0 saturated carbocycles. The van der Waals surface area contributed by atoms with Crippen LogP contribution in [0.2, 0.25) is 0 Å². The van der Waals surface area contributed by atoms with Crippen molar-refractivity contribution in [3.05, 3.63) is 0 Å². The van der Waals surface area contributed by atoms with Crippen LogP contribution in [0.15, 0.2) is 0 Å². The van der Waals surface area contributed by atoms with E-state index in [0.29, 0.717) is 13.0 Å². The average Bonchev–Trinajstić information content (AvgIpc) is 2.14. The molecule has 1 unspecified atom stereocenters. The second-order valence-electron chi connectivity index (χ2n) is 2.35. The Hall–Kier alpha value is -0.200. The highest BCUT2D eigenvalue weighted by molar-refractivity contribution is 4.77. The summed E-state index contributed by atoms with van der Waals surface area (Å²) in [5.41, 5.74) is 0. The van der Waals surface area contributed by atoms with Gasteiger partial charge in [0.1, 0.15) is 6.23 Å². The van der Waals surface area contributed by atoms with Crippen molar-refractivity contribution in [3.63, 3.8) is 0 Å². The summed E-state index contributed by atoms with van der Waals surface area (Å²) in [7, 11) is 0. The maximum absolute atomic E-state index is 8.98. The highest BCUT2D eigenvalue weighted by Gasteiger charge is 2.34. The van der Waals surface area contributed by atoms with Gasteiger partial charge in [-0.1, -0.05) is 0 Å². The number of nitrogens with zero attached hydrogens (tertiary/aromatic N) is 1.